The Labute approximate surface area is 63.8 Å². The fraction of sp³-hybridized carbons (Fsp3) is 0. The van der Waals surface area contributed by atoms with E-state index in [4.69, 9.17) is 6.42 Å². The van der Waals surface area contributed by atoms with Crippen LogP contribution in [0, 0.1) is 22.5 Å². The molecule has 0 aromatic heterocycles. The number of nitrogens with zero attached hydrogens (tertiary/aromatic N) is 1. The summed E-state index contributed by atoms with van der Waals surface area (Å²) in [5, 5.41) is 10.1. The van der Waals surface area contributed by atoms with Crippen LogP contribution in [-0.4, -0.2) is 4.92 Å². The monoisotopic (exact) mass is 146 g/mol. The van der Waals surface area contributed by atoms with Crippen LogP contribution in [0.25, 0.3) is 0 Å². The summed E-state index contributed by atoms with van der Waals surface area (Å²) in [6.07, 6.45) is 6.70. The molecule has 0 saturated carbocycles. The SMILES string of the molecule is [C+]#Cc1ccc([N+](=O)[O-])cc1. The summed E-state index contributed by atoms with van der Waals surface area (Å²) in [6.45, 7) is 0. The Kier molecular flexibility index (Phi) is 2.04. The van der Waals surface area contributed by atoms with Crippen molar-refractivity contribution >= 4 is 5.69 Å². The molecule has 0 fully saturated rings. The number of hydrogen-bond donors (Lipinski definition) is 0. The Morgan fingerprint density at radius 2 is 1.91 bits per heavy atom. The Hall–Kier alpha value is -1.60. The molecule has 0 bridgehead atoms. The minimum atomic E-state index is -0.478. The second-order valence-electron chi connectivity index (χ2n) is 1.93. The van der Waals surface area contributed by atoms with Gasteiger partial charge in [0.25, 0.3) is 0 Å². The van der Waals surface area contributed by atoms with Gasteiger partial charge in [-0.1, -0.05) is 0 Å². The zero-order valence-corrected chi connectivity index (χ0v) is 5.57. The molecule has 0 aliphatic rings. The molecule has 52 valence electrons. The van der Waals surface area contributed by atoms with Crippen molar-refractivity contribution in [2.45, 2.75) is 0 Å². The van der Waals surface area contributed by atoms with Gasteiger partial charge in [0.15, 0.2) is 0 Å². The molecular formula is C8H4NO2+. The predicted octanol–water partition coefficient (Wildman–Crippen LogP) is 1.53. The van der Waals surface area contributed by atoms with Crippen molar-refractivity contribution in [2.24, 2.45) is 0 Å². The maximum absolute atomic E-state index is 10.1. The van der Waals surface area contributed by atoms with Gasteiger partial charge in [-0.15, -0.1) is 0 Å². The van der Waals surface area contributed by atoms with Crippen LogP contribution in [0.15, 0.2) is 24.3 Å². The summed E-state index contributed by atoms with van der Waals surface area (Å²) < 4.78 is 0. The van der Waals surface area contributed by atoms with Crippen LogP contribution in [0.1, 0.15) is 5.56 Å². The van der Waals surface area contributed by atoms with E-state index in [2.05, 4.69) is 5.92 Å². The summed E-state index contributed by atoms with van der Waals surface area (Å²) in [5.41, 5.74) is 0.569. The van der Waals surface area contributed by atoms with E-state index in [9.17, 15) is 10.1 Å². The van der Waals surface area contributed by atoms with Crippen LogP contribution in [0.5, 0.6) is 0 Å². The first-order chi connectivity index (χ1) is 5.24. The number of hydrogen-bond acceptors (Lipinski definition) is 2. The van der Waals surface area contributed by atoms with E-state index in [0.29, 0.717) is 5.56 Å². The zero-order valence-electron chi connectivity index (χ0n) is 5.57. The molecule has 0 radical (unpaired) electrons. The number of benzene rings is 1. The minimum absolute atomic E-state index is 0.0315. The standard InChI is InChI=1S/C8H4NO2/c1-2-7-3-5-8(6-4-7)9(10)11/h3-6H/q+1. The predicted molar refractivity (Wildman–Crippen MR) is 39.3 cm³/mol. The second kappa shape index (κ2) is 2.99. The summed E-state index contributed by atoms with van der Waals surface area (Å²) >= 11 is 0. The number of nitro groups is 1. The van der Waals surface area contributed by atoms with E-state index < -0.39 is 4.92 Å². The molecule has 0 N–H and O–H groups in total. The molecule has 0 heterocycles. The molecule has 0 unspecified atom stereocenters. The van der Waals surface area contributed by atoms with Crippen LogP contribution in [0.3, 0.4) is 0 Å². The summed E-state index contributed by atoms with van der Waals surface area (Å²) in [7, 11) is 0. The van der Waals surface area contributed by atoms with Crippen molar-refractivity contribution in [1.29, 1.82) is 0 Å². The van der Waals surface area contributed by atoms with Gasteiger partial charge in [0.1, 0.15) is 0 Å². The summed E-state index contributed by atoms with van der Waals surface area (Å²) in [6, 6.07) is 5.64. The maximum atomic E-state index is 10.1. The Balaban J connectivity index is 3.03. The molecule has 0 amide bonds. The number of non-ortho nitro benzene ring substituents is 1. The van der Waals surface area contributed by atoms with Crippen molar-refractivity contribution in [3.05, 3.63) is 46.4 Å². The van der Waals surface area contributed by atoms with Crippen LogP contribution < -0.4 is 0 Å². The molecule has 3 heteroatoms. The average Bonchev–Trinajstić information content (AvgIpc) is 2.05. The van der Waals surface area contributed by atoms with Crippen LogP contribution in [0.4, 0.5) is 5.69 Å². The van der Waals surface area contributed by atoms with Crippen molar-refractivity contribution in [3.63, 3.8) is 0 Å². The summed E-state index contributed by atoms with van der Waals surface area (Å²) in [4.78, 5) is 9.66. The van der Waals surface area contributed by atoms with Gasteiger partial charge in [-0.3, -0.25) is 0 Å². The van der Waals surface area contributed by atoms with E-state index in [-0.39, 0.29) is 5.69 Å². The summed E-state index contributed by atoms with van der Waals surface area (Å²) in [5.74, 6) is 2.12. The molecule has 0 aliphatic carbocycles. The van der Waals surface area contributed by atoms with Gasteiger partial charge in [-0.2, -0.15) is 0 Å². The van der Waals surface area contributed by atoms with E-state index >= 15 is 0 Å². The van der Waals surface area contributed by atoms with Crippen molar-refractivity contribution in [1.82, 2.24) is 0 Å². The number of rotatable bonds is 1. The molecule has 0 atom stereocenters. The zero-order chi connectivity index (χ0) is 8.27. The van der Waals surface area contributed by atoms with Gasteiger partial charge >= 0.3 is 62.9 Å². The Bertz CT molecular complexity index is 308. The van der Waals surface area contributed by atoms with Crippen LogP contribution in [0.2, 0.25) is 0 Å². The van der Waals surface area contributed by atoms with Gasteiger partial charge in [-0.25, -0.2) is 0 Å². The second-order valence-corrected chi connectivity index (χ2v) is 1.93. The van der Waals surface area contributed by atoms with Gasteiger partial charge in [0.2, 0.25) is 0 Å². The first-order valence-corrected chi connectivity index (χ1v) is 2.91. The van der Waals surface area contributed by atoms with Gasteiger partial charge < -0.3 is 0 Å². The van der Waals surface area contributed by atoms with Crippen LogP contribution in [-0.2, 0) is 0 Å². The quantitative estimate of drug-likeness (QED) is 0.261. The van der Waals surface area contributed by atoms with Crippen molar-refractivity contribution < 1.29 is 4.92 Å². The third-order valence-corrected chi connectivity index (χ3v) is 1.22. The van der Waals surface area contributed by atoms with E-state index in [0.717, 1.165) is 0 Å². The molecule has 3 nitrogen and oxygen atoms in total. The van der Waals surface area contributed by atoms with E-state index in [1.807, 2.05) is 0 Å². The molecule has 1 rings (SSSR count). The Morgan fingerprint density at radius 3 is 2.27 bits per heavy atom. The normalized spacial score (nSPS) is 8.91. The van der Waals surface area contributed by atoms with Gasteiger partial charge in [0.05, 0.1) is 0 Å². The van der Waals surface area contributed by atoms with Crippen LogP contribution >= 0.6 is 0 Å². The first-order valence-electron chi connectivity index (χ1n) is 2.91. The molecule has 11 heavy (non-hydrogen) atoms. The molecule has 0 spiro atoms. The number of nitro benzene ring substituents is 1. The molecule has 1 aromatic carbocycles. The van der Waals surface area contributed by atoms with E-state index in [1.165, 1.54) is 24.3 Å². The van der Waals surface area contributed by atoms with E-state index in [1.54, 1.807) is 0 Å². The van der Waals surface area contributed by atoms with Gasteiger partial charge in [-0.05, 0) is 0 Å². The fourth-order valence-electron chi connectivity index (χ4n) is 0.666. The fourth-order valence-corrected chi connectivity index (χ4v) is 0.666. The van der Waals surface area contributed by atoms with Crippen molar-refractivity contribution in [2.75, 3.05) is 0 Å². The molecular weight excluding hydrogens is 142 g/mol. The third-order valence-electron chi connectivity index (χ3n) is 1.22. The van der Waals surface area contributed by atoms with Gasteiger partial charge in [0, 0.05) is 0 Å². The topological polar surface area (TPSA) is 43.1 Å². The molecule has 0 aliphatic heterocycles. The van der Waals surface area contributed by atoms with Crippen molar-refractivity contribution in [3.8, 4) is 5.92 Å². The first kappa shape index (κ1) is 7.51. The average molecular weight is 146 g/mol. The molecule has 0 saturated heterocycles. The molecule has 1 aromatic rings. The third kappa shape index (κ3) is 1.66. The Morgan fingerprint density at radius 1 is 1.36 bits per heavy atom.